The van der Waals surface area contributed by atoms with E-state index in [1.165, 1.54) is 0 Å². The van der Waals surface area contributed by atoms with Crippen LogP contribution in [0.1, 0.15) is 45.4 Å². The van der Waals surface area contributed by atoms with Gasteiger partial charge in [0.15, 0.2) is 12.6 Å². The highest BCUT2D eigenvalue weighted by atomic mass is 16.7. The van der Waals surface area contributed by atoms with E-state index in [2.05, 4.69) is 17.6 Å². The molecule has 7 heteroatoms. The lowest BCUT2D eigenvalue weighted by atomic mass is 9.90. The average Bonchev–Trinajstić information content (AvgIpc) is 2.62. The summed E-state index contributed by atoms with van der Waals surface area (Å²) in [6, 6.07) is -0.142. The van der Waals surface area contributed by atoms with E-state index >= 15 is 0 Å². The highest BCUT2D eigenvalue weighted by Gasteiger charge is 2.41. The molecule has 0 unspecified atom stereocenters. The molecule has 24 heavy (non-hydrogen) atoms. The fraction of sp³-hybridized carbons (Fsp3) is 0.941. The summed E-state index contributed by atoms with van der Waals surface area (Å²) in [4.78, 5) is 11.0. The monoisotopic (exact) mass is 344 g/mol. The van der Waals surface area contributed by atoms with Crippen LogP contribution in [0.2, 0.25) is 0 Å². The molecule has 0 saturated carbocycles. The summed E-state index contributed by atoms with van der Waals surface area (Å²) in [6.07, 6.45) is 5.71. The first kappa shape index (κ1) is 19.4. The van der Waals surface area contributed by atoms with E-state index in [0.29, 0.717) is 33.0 Å². The van der Waals surface area contributed by atoms with Crippen molar-refractivity contribution in [3.8, 4) is 0 Å². The van der Waals surface area contributed by atoms with E-state index in [1.807, 2.05) is 0 Å². The Morgan fingerprint density at radius 2 is 1.50 bits per heavy atom. The standard InChI is InChI=1S/C17H32N2O5/c1-3-4-7-14-21-10-17(11-22-14)12-23-15(24-13-17)8-5-6-9-19-16(20)18-2/h14-15H,3-13H2,1-2H3,(H2,18,19,20). The minimum Gasteiger partial charge on any atom is -0.352 e. The van der Waals surface area contributed by atoms with Gasteiger partial charge in [-0.2, -0.15) is 0 Å². The van der Waals surface area contributed by atoms with Crippen LogP contribution in [0, 0.1) is 5.41 Å². The van der Waals surface area contributed by atoms with Crippen LogP contribution in [0.15, 0.2) is 0 Å². The molecule has 2 amide bonds. The molecular weight excluding hydrogens is 312 g/mol. The first-order chi connectivity index (χ1) is 11.7. The molecule has 7 nitrogen and oxygen atoms in total. The number of carbonyl (C=O) groups excluding carboxylic acids is 1. The number of urea groups is 1. The molecular formula is C17H32N2O5. The van der Waals surface area contributed by atoms with Gasteiger partial charge >= 0.3 is 6.03 Å². The van der Waals surface area contributed by atoms with Crippen molar-refractivity contribution in [2.24, 2.45) is 5.41 Å². The van der Waals surface area contributed by atoms with Crippen molar-refractivity contribution < 1.29 is 23.7 Å². The van der Waals surface area contributed by atoms with Gasteiger partial charge in [0.05, 0.1) is 31.8 Å². The summed E-state index contributed by atoms with van der Waals surface area (Å²) in [5.74, 6) is 0. The van der Waals surface area contributed by atoms with E-state index in [1.54, 1.807) is 7.05 Å². The maximum Gasteiger partial charge on any atom is 0.314 e. The lowest BCUT2D eigenvalue weighted by Gasteiger charge is -2.43. The number of hydrogen-bond donors (Lipinski definition) is 2. The number of rotatable bonds is 8. The van der Waals surface area contributed by atoms with Crippen LogP contribution >= 0.6 is 0 Å². The Kier molecular flexibility index (Phi) is 8.24. The van der Waals surface area contributed by atoms with Crippen LogP contribution in [0.4, 0.5) is 4.79 Å². The molecule has 2 N–H and O–H groups in total. The van der Waals surface area contributed by atoms with Crippen molar-refractivity contribution in [2.45, 2.75) is 58.0 Å². The maximum atomic E-state index is 11.0. The Bertz CT molecular complexity index is 362. The van der Waals surface area contributed by atoms with Crippen LogP contribution in [-0.4, -0.2) is 58.6 Å². The summed E-state index contributed by atoms with van der Waals surface area (Å²) < 4.78 is 23.4. The van der Waals surface area contributed by atoms with Crippen LogP contribution in [0.3, 0.4) is 0 Å². The first-order valence-corrected chi connectivity index (χ1v) is 9.09. The Morgan fingerprint density at radius 3 is 2.00 bits per heavy atom. The molecule has 2 rings (SSSR count). The van der Waals surface area contributed by atoms with Gasteiger partial charge in [-0.05, 0) is 32.1 Å². The quantitative estimate of drug-likeness (QED) is 0.659. The zero-order chi connectivity index (χ0) is 17.3. The highest BCUT2D eigenvalue weighted by Crippen LogP contribution is 2.32. The molecule has 2 fully saturated rings. The van der Waals surface area contributed by atoms with Crippen LogP contribution < -0.4 is 10.6 Å². The van der Waals surface area contributed by atoms with Crippen LogP contribution in [0.25, 0.3) is 0 Å². The zero-order valence-corrected chi connectivity index (χ0v) is 15.0. The van der Waals surface area contributed by atoms with E-state index in [0.717, 1.165) is 38.5 Å². The van der Waals surface area contributed by atoms with Gasteiger partial charge in [0.2, 0.25) is 0 Å². The van der Waals surface area contributed by atoms with Crippen molar-refractivity contribution in [1.29, 1.82) is 0 Å². The second-order valence-corrected chi connectivity index (χ2v) is 6.75. The summed E-state index contributed by atoms with van der Waals surface area (Å²) in [5.41, 5.74) is -0.153. The van der Waals surface area contributed by atoms with Crippen LogP contribution in [-0.2, 0) is 18.9 Å². The molecule has 0 aromatic carbocycles. The number of ether oxygens (including phenoxy) is 4. The lowest BCUT2D eigenvalue weighted by molar-refractivity contribution is -0.304. The molecule has 2 aliphatic heterocycles. The zero-order valence-electron chi connectivity index (χ0n) is 15.0. The third-order valence-electron chi connectivity index (χ3n) is 4.47. The lowest BCUT2D eigenvalue weighted by Crippen LogP contribution is -2.52. The van der Waals surface area contributed by atoms with E-state index in [-0.39, 0.29) is 24.0 Å². The van der Waals surface area contributed by atoms with Crippen molar-refractivity contribution >= 4 is 6.03 Å². The van der Waals surface area contributed by atoms with Gasteiger partial charge < -0.3 is 29.6 Å². The number of hydrogen-bond acceptors (Lipinski definition) is 5. The fourth-order valence-electron chi connectivity index (χ4n) is 2.86. The molecule has 2 aliphatic rings. The summed E-state index contributed by atoms with van der Waals surface area (Å²) >= 11 is 0. The predicted octanol–water partition coefficient (Wildman–Crippen LogP) is 2.01. The van der Waals surface area contributed by atoms with Crippen molar-refractivity contribution in [2.75, 3.05) is 40.0 Å². The number of amides is 2. The van der Waals surface area contributed by atoms with Gasteiger partial charge in [0.1, 0.15) is 0 Å². The third-order valence-corrected chi connectivity index (χ3v) is 4.47. The Morgan fingerprint density at radius 1 is 0.958 bits per heavy atom. The number of nitrogens with one attached hydrogen (secondary N) is 2. The smallest absolute Gasteiger partial charge is 0.314 e. The first-order valence-electron chi connectivity index (χ1n) is 9.09. The Labute approximate surface area is 144 Å². The molecule has 0 aromatic heterocycles. The van der Waals surface area contributed by atoms with Crippen molar-refractivity contribution in [3.63, 3.8) is 0 Å². The molecule has 0 bridgehead atoms. The Hall–Kier alpha value is -0.890. The van der Waals surface area contributed by atoms with Gasteiger partial charge in [-0.3, -0.25) is 0 Å². The van der Waals surface area contributed by atoms with Gasteiger partial charge in [0.25, 0.3) is 0 Å². The van der Waals surface area contributed by atoms with Gasteiger partial charge in [-0.1, -0.05) is 13.3 Å². The average molecular weight is 344 g/mol. The molecule has 2 saturated heterocycles. The van der Waals surface area contributed by atoms with Crippen LogP contribution in [0.5, 0.6) is 0 Å². The van der Waals surface area contributed by atoms with E-state index in [9.17, 15) is 4.79 Å². The molecule has 0 aliphatic carbocycles. The van der Waals surface area contributed by atoms with Gasteiger partial charge in [-0.25, -0.2) is 4.79 Å². The van der Waals surface area contributed by atoms with Gasteiger partial charge in [0, 0.05) is 13.6 Å². The minimum absolute atomic E-state index is 0.0684. The molecule has 140 valence electrons. The largest absolute Gasteiger partial charge is 0.352 e. The van der Waals surface area contributed by atoms with Gasteiger partial charge in [-0.15, -0.1) is 0 Å². The minimum atomic E-state index is -0.159. The molecule has 0 aromatic rings. The molecule has 1 spiro atoms. The third kappa shape index (κ3) is 6.20. The second-order valence-electron chi connectivity index (χ2n) is 6.75. The topological polar surface area (TPSA) is 78.0 Å². The second kappa shape index (κ2) is 10.2. The van der Waals surface area contributed by atoms with E-state index < -0.39 is 0 Å². The Balaban J connectivity index is 1.56. The maximum absolute atomic E-state index is 11.0. The molecule has 0 radical (unpaired) electrons. The highest BCUT2D eigenvalue weighted by molar-refractivity contribution is 5.73. The number of carbonyl (C=O) groups is 1. The summed E-state index contributed by atoms with van der Waals surface area (Å²) in [6.45, 7) is 5.36. The number of unbranched alkanes of at least 4 members (excludes halogenated alkanes) is 2. The molecule has 2 heterocycles. The van der Waals surface area contributed by atoms with Crippen molar-refractivity contribution in [1.82, 2.24) is 10.6 Å². The normalized spacial score (nSPS) is 30.2. The summed E-state index contributed by atoms with van der Waals surface area (Å²) in [5, 5.41) is 5.30. The SMILES string of the molecule is CCCCC1OCC2(CO1)COC(CCCCNC(=O)NC)OC2. The predicted molar refractivity (Wildman–Crippen MR) is 89.7 cm³/mol. The van der Waals surface area contributed by atoms with E-state index in [4.69, 9.17) is 18.9 Å². The summed E-state index contributed by atoms with van der Waals surface area (Å²) in [7, 11) is 1.61. The van der Waals surface area contributed by atoms with Crippen molar-refractivity contribution in [3.05, 3.63) is 0 Å². The molecule has 0 atom stereocenters. The fourth-order valence-corrected chi connectivity index (χ4v) is 2.86.